The number of nitriles is 1. The van der Waals surface area contributed by atoms with Crippen LogP contribution in [-0.4, -0.2) is 11.0 Å². The number of nitro benzene ring substituents is 1. The molecule has 1 aromatic carbocycles. The van der Waals surface area contributed by atoms with E-state index in [9.17, 15) is 10.1 Å². The molecule has 1 atom stereocenters. The molecule has 0 aromatic heterocycles. The lowest BCUT2D eigenvalue weighted by Crippen LogP contribution is -2.18. The number of non-ortho nitro benzene ring substituents is 1. The van der Waals surface area contributed by atoms with E-state index in [1.54, 1.807) is 6.07 Å². The highest BCUT2D eigenvalue weighted by Gasteiger charge is 2.31. The fourth-order valence-electron chi connectivity index (χ4n) is 2.64. The number of nitrogens with zero attached hydrogens (tertiary/aromatic N) is 2. The molecule has 1 aliphatic carbocycles. The van der Waals surface area contributed by atoms with Gasteiger partial charge in [0.2, 0.25) is 0 Å². The number of hydrogen-bond acceptors (Lipinski definition) is 4. The van der Waals surface area contributed by atoms with Gasteiger partial charge in [-0.1, -0.05) is 13.8 Å². The molecule has 19 heavy (non-hydrogen) atoms. The van der Waals surface area contributed by atoms with E-state index in [0.29, 0.717) is 22.7 Å². The van der Waals surface area contributed by atoms with Gasteiger partial charge in [-0.3, -0.25) is 10.1 Å². The van der Waals surface area contributed by atoms with Crippen LogP contribution in [0, 0.1) is 26.9 Å². The van der Waals surface area contributed by atoms with Crippen LogP contribution in [-0.2, 0) is 0 Å². The van der Waals surface area contributed by atoms with Crippen molar-refractivity contribution in [3.8, 4) is 6.07 Å². The molecule has 1 aliphatic rings. The number of rotatable bonds is 3. The smallest absolute Gasteiger partial charge is 0.270 e. The minimum atomic E-state index is -0.483. The molecule has 0 bridgehead atoms. The maximum absolute atomic E-state index is 10.7. The van der Waals surface area contributed by atoms with E-state index in [1.165, 1.54) is 12.1 Å². The number of nitrogens with one attached hydrogen (secondary N) is 1. The van der Waals surface area contributed by atoms with Gasteiger partial charge in [0.1, 0.15) is 6.07 Å². The van der Waals surface area contributed by atoms with E-state index < -0.39 is 4.92 Å². The van der Waals surface area contributed by atoms with Crippen LogP contribution >= 0.6 is 0 Å². The molecule has 2 rings (SSSR count). The Balaban J connectivity index is 2.17. The van der Waals surface area contributed by atoms with E-state index in [0.717, 1.165) is 19.3 Å². The Morgan fingerprint density at radius 1 is 1.53 bits per heavy atom. The van der Waals surface area contributed by atoms with E-state index in [4.69, 9.17) is 5.26 Å². The van der Waals surface area contributed by atoms with Gasteiger partial charge in [-0.2, -0.15) is 5.26 Å². The van der Waals surface area contributed by atoms with Crippen molar-refractivity contribution in [1.82, 2.24) is 0 Å². The van der Waals surface area contributed by atoms with Crippen molar-refractivity contribution in [3.63, 3.8) is 0 Å². The summed E-state index contributed by atoms with van der Waals surface area (Å²) in [5.74, 6) is 0. The summed E-state index contributed by atoms with van der Waals surface area (Å²) in [5.41, 5.74) is 1.30. The normalized spacial score (nSPS) is 20.8. The zero-order chi connectivity index (χ0) is 14.0. The molecule has 1 fully saturated rings. The number of benzene rings is 1. The molecular weight excluding hydrogens is 242 g/mol. The third-order valence-electron chi connectivity index (χ3n) is 3.66. The molecular formula is C14H17N3O2. The first-order valence-electron chi connectivity index (χ1n) is 6.36. The van der Waals surface area contributed by atoms with Crippen molar-refractivity contribution in [2.24, 2.45) is 5.41 Å². The molecule has 100 valence electrons. The van der Waals surface area contributed by atoms with Crippen molar-refractivity contribution in [2.75, 3.05) is 5.32 Å². The van der Waals surface area contributed by atoms with Gasteiger partial charge >= 0.3 is 0 Å². The number of nitro groups is 1. The Morgan fingerprint density at radius 2 is 2.26 bits per heavy atom. The number of anilines is 1. The van der Waals surface area contributed by atoms with Crippen LogP contribution in [0.15, 0.2) is 18.2 Å². The first-order chi connectivity index (χ1) is 8.91. The fourth-order valence-corrected chi connectivity index (χ4v) is 2.64. The predicted molar refractivity (Wildman–Crippen MR) is 72.9 cm³/mol. The summed E-state index contributed by atoms with van der Waals surface area (Å²) < 4.78 is 0. The second kappa shape index (κ2) is 4.88. The summed E-state index contributed by atoms with van der Waals surface area (Å²) in [6.07, 6.45) is 3.27. The molecule has 5 heteroatoms. The maximum Gasteiger partial charge on any atom is 0.270 e. The minimum absolute atomic E-state index is 0.0474. The Hall–Kier alpha value is -2.09. The van der Waals surface area contributed by atoms with Crippen molar-refractivity contribution < 1.29 is 4.92 Å². The molecule has 0 radical (unpaired) electrons. The van der Waals surface area contributed by atoms with E-state index in [1.807, 2.05) is 6.07 Å². The summed E-state index contributed by atoms with van der Waals surface area (Å²) in [6.45, 7) is 4.46. The zero-order valence-corrected chi connectivity index (χ0v) is 11.1. The zero-order valence-electron chi connectivity index (χ0n) is 11.1. The van der Waals surface area contributed by atoms with Gasteiger partial charge in [-0.25, -0.2) is 0 Å². The minimum Gasteiger partial charge on any atom is -0.381 e. The van der Waals surface area contributed by atoms with Crippen molar-refractivity contribution in [2.45, 2.75) is 39.2 Å². The Bertz CT molecular complexity index is 546. The van der Waals surface area contributed by atoms with Gasteiger partial charge in [0.05, 0.1) is 16.2 Å². The lowest BCUT2D eigenvalue weighted by atomic mass is 9.92. The van der Waals surface area contributed by atoms with Crippen LogP contribution in [0.5, 0.6) is 0 Å². The van der Waals surface area contributed by atoms with Gasteiger partial charge < -0.3 is 5.32 Å². The molecule has 0 heterocycles. The van der Waals surface area contributed by atoms with Gasteiger partial charge in [-0.05, 0) is 30.7 Å². The van der Waals surface area contributed by atoms with Crippen LogP contribution < -0.4 is 5.32 Å². The van der Waals surface area contributed by atoms with Crippen LogP contribution in [0.25, 0.3) is 0 Å². The quantitative estimate of drug-likeness (QED) is 0.666. The van der Waals surface area contributed by atoms with Gasteiger partial charge in [-0.15, -0.1) is 0 Å². The van der Waals surface area contributed by atoms with Crippen LogP contribution in [0.1, 0.15) is 38.7 Å². The van der Waals surface area contributed by atoms with E-state index >= 15 is 0 Å². The highest BCUT2D eigenvalue weighted by atomic mass is 16.6. The topological polar surface area (TPSA) is 79.0 Å². The predicted octanol–water partition coefficient (Wildman–Crippen LogP) is 3.46. The summed E-state index contributed by atoms with van der Waals surface area (Å²) >= 11 is 0. The van der Waals surface area contributed by atoms with Gasteiger partial charge in [0.25, 0.3) is 5.69 Å². The molecule has 1 aromatic rings. The molecule has 0 spiro atoms. The van der Waals surface area contributed by atoms with Crippen LogP contribution in [0.2, 0.25) is 0 Å². The second-order valence-electron chi connectivity index (χ2n) is 5.85. The number of hydrogen-bond donors (Lipinski definition) is 1. The summed E-state index contributed by atoms with van der Waals surface area (Å²) in [4.78, 5) is 10.2. The van der Waals surface area contributed by atoms with Crippen molar-refractivity contribution in [1.29, 1.82) is 5.26 Å². The highest BCUT2D eigenvalue weighted by Crippen LogP contribution is 2.38. The van der Waals surface area contributed by atoms with Crippen molar-refractivity contribution >= 4 is 11.4 Å². The second-order valence-corrected chi connectivity index (χ2v) is 5.85. The molecule has 0 saturated heterocycles. The summed E-state index contributed by atoms with van der Waals surface area (Å²) in [5, 5.41) is 23.1. The van der Waals surface area contributed by atoms with Crippen LogP contribution in [0.4, 0.5) is 11.4 Å². The third kappa shape index (κ3) is 3.02. The lowest BCUT2D eigenvalue weighted by Gasteiger charge is -2.19. The van der Waals surface area contributed by atoms with Crippen molar-refractivity contribution in [3.05, 3.63) is 33.9 Å². The van der Waals surface area contributed by atoms with Gasteiger partial charge in [0.15, 0.2) is 0 Å². The monoisotopic (exact) mass is 259 g/mol. The summed E-state index contributed by atoms with van der Waals surface area (Å²) in [6, 6.07) is 6.74. The Morgan fingerprint density at radius 3 is 2.79 bits per heavy atom. The molecule has 0 amide bonds. The first kappa shape index (κ1) is 13.3. The van der Waals surface area contributed by atoms with Crippen LogP contribution in [0.3, 0.4) is 0 Å². The van der Waals surface area contributed by atoms with Gasteiger partial charge in [0, 0.05) is 18.2 Å². The third-order valence-corrected chi connectivity index (χ3v) is 3.66. The van der Waals surface area contributed by atoms with E-state index in [-0.39, 0.29) is 5.69 Å². The lowest BCUT2D eigenvalue weighted by molar-refractivity contribution is -0.384. The SMILES string of the molecule is CC1(C)CCC(Nc2ccc([N+](=O)[O-])cc2C#N)C1. The Kier molecular flexibility index (Phi) is 3.43. The summed E-state index contributed by atoms with van der Waals surface area (Å²) in [7, 11) is 0. The average molecular weight is 259 g/mol. The highest BCUT2D eigenvalue weighted by molar-refractivity contribution is 5.61. The molecule has 1 unspecified atom stereocenters. The largest absolute Gasteiger partial charge is 0.381 e. The molecule has 5 nitrogen and oxygen atoms in total. The standard InChI is InChI=1S/C14H17N3O2/c1-14(2)6-5-11(8-14)16-13-4-3-12(17(18)19)7-10(13)9-15/h3-4,7,11,16H,5-6,8H2,1-2H3. The van der Waals surface area contributed by atoms with E-state index in [2.05, 4.69) is 19.2 Å². The maximum atomic E-state index is 10.7. The fraction of sp³-hybridized carbons (Fsp3) is 0.500. The molecule has 1 saturated carbocycles. The first-order valence-corrected chi connectivity index (χ1v) is 6.36. The molecule has 1 N–H and O–H groups in total. The average Bonchev–Trinajstić information content (AvgIpc) is 2.69. The molecule has 0 aliphatic heterocycles. The Labute approximate surface area is 112 Å².